The van der Waals surface area contributed by atoms with Crippen LogP contribution in [-0.2, 0) is 6.42 Å². The highest BCUT2D eigenvalue weighted by molar-refractivity contribution is 14.0. The molecule has 0 aliphatic heterocycles. The van der Waals surface area contributed by atoms with Crippen molar-refractivity contribution in [2.24, 2.45) is 4.99 Å². The van der Waals surface area contributed by atoms with Crippen LogP contribution in [0.2, 0.25) is 0 Å². The minimum absolute atomic E-state index is 0. The summed E-state index contributed by atoms with van der Waals surface area (Å²) in [4.78, 5) is 8.05. The maximum absolute atomic E-state index is 4.26. The third-order valence-electron chi connectivity index (χ3n) is 3.58. The Morgan fingerprint density at radius 2 is 2.00 bits per heavy atom. The largest absolute Gasteiger partial charge is 0.356 e. The second-order valence-electron chi connectivity index (χ2n) is 5.54. The highest BCUT2D eigenvalue weighted by Crippen LogP contribution is 2.07. The molecule has 0 atom stereocenters. The summed E-state index contributed by atoms with van der Waals surface area (Å²) in [6, 6.07) is 4.90. The average molecular weight is 438 g/mol. The highest BCUT2D eigenvalue weighted by Gasteiger charge is 2.02. The van der Waals surface area contributed by atoms with Gasteiger partial charge in [0, 0.05) is 31.1 Å². The molecule has 1 aromatic rings. The van der Waals surface area contributed by atoms with Crippen LogP contribution in [0.25, 0.3) is 0 Å². The number of nitrogens with one attached hydrogen (secondary N) is 2. The van der Waals surface area contributed by atoms with E-state index in [2.05, 4.69) is 58.9 Å². The molecule has 2 N–H and O–H groups in total. The van der Waals surface area contributed by atoms with Gasteiger partial charge in [-0.15, -0.1) is 35.3 Å². The topological polar surface area (TPSA) is 39.7 Å². The van der Waals surface area contributed by atoms with Crippen molar-refractivity contribution in [2.75, 3.05) is 33.7 Å². The van der Waals surface area contributed by atoms with E-state index in [1.54, 1.807) is 11.3 Å². The molecule has 0 radical (unpaired) electrons. The van der Waals surface area contributed by atoms with E-state index in [0.29, 0.717) is 6.04 Å². The molecule has 1 rings (SSSR count). The Bertz CT molecular complexity index is 393. The number of nitrogens with zero attached hydrogens (tertiary/aromatic N) is 2. The standard InChI is InChI=1S/C16H30N4S.HI/c1-14(2)20(4)12-6-5-10-18-16(17-3)19-11-9-15-8-7-13-21-15;/h7-8,13-14H,5-6,9-12H2,1-4H3,(H2,17,18,19);1H. The predicted octanol–water partition coefficient (Wildman–Crippen LogP) is 3.19. The fraction of sp³-hybridized carbons (Fsp3) is 0.688. The van der Waals surface area contributed by atoms with Crippen LogP contribution in [0, 0.1) is 0 Å². The van der Waals surface area contributed by atoms with E-state index in [1.807, 2.05) is 7.05 Å². The minimum Gasteiger partial charge on any atom is -0.356 e. The van der Waals surface area contributed by atoms with Gasteiger partial charge in [0.25, 0.3) is 0 Å². The Balaban J connectivity index is 0.00000441. The summed E-state index contributed by atoms with van der Waals surface area (Å²) in [6.07, 6.45) is 3.44. The molecule has 0 spiro atoms. The Morgan fingerprint density at radius 3 is 2.59 bits per heavy atom. The molecule has 0 saturated heterocycles. The van der Waals surface area contributed by atoms with Crippen LogP contribution in [0.15, 0.2) is 22.5 Å². The molecule has 128 valence electrons. The summed E-state index contributed by atoms with van der Waals surface area (Å²) in [5, 5.41) is 8.86. The molecular weight excluding hydrogens is 407 g/mol. The Hall–Kier alpha value is -0.340. The summed E-state index contributed by atoms with van der Waals surface area (Å²) >= 11 is 1.81. The molecule has 4 nitrogen and oxygen atoms in total. The molecular formula is C16H31IN4S. The number of hydrogen-bond donors (Lipinski definition) is 2. The zero-order valence-corrected chi connectivity index (χ0v) is 17.4. The lowest BCUT2D eigenvalue weighted by Gasteiger charge is -2.20. The minimum atomic E-state index is 0. The van der Waals surface area contributed by atoms with Crippen LogP contribution < -0.4 is 10.6 Å². The molecule has 0 aliphatic rings. The maximum Gasteiger partial charge on any atom is 0.190 e. The van der Waals surface area contributed by atoms with Gasteiger partial charge in [-0.3, -0.25) is 4.99 Å². The van der Waals surface area contributed by atoms with Gasteiger partial charge in [0.2, 0.25) is 0 Å². The third kappa shape index (κ3) is 9.63. The number of aliphatic imine (C=N–C) groups is 1. The van der Waals surface area contributed by atoms with E-state index >= 15 is 0 Å². The summed E-state index contributed by atoms with van der Waals surface area (Å²) < 4.78 is 0. The van der Waals surface area contributed by atoms with Crippen molar-refractivity contribution in [3.05, 3.63) is 22.4 Å². The molecule has 0 saturated carbocycles. The van der Waals surface area contributed by atoms with Crippen molar-refractivity contribution < 1.29 is 0 Å². The van der Waals surface area contributed by atoms with Gasteiger partial charge in [-0.05, 0) is 58.1 Å². The molecule has 0 aromatic carbocycles. The number of thiophene rings is 1. The molecule has 1 aromatic heterocycles. The second-order valence-corrected chi connectivity index (χ2v) is 6.57. The monoisotopic (exact) mass is 438 g/mol. The molecule has 0 bridgehead atoms. The summed E-state index contributed by atoms with van der Waals surface area (Å²) in [7, 11) is 4.01. The first-order chi connectivity index (χ1) is 10.1. The van der Waals surface area contributed by atoms with Crippen molar-refractivity contribution in [3.8, 4) is 0 Å². The first kappa shape index (κ1) is 21.7. The zero-order valence-electron chi connectivity index (χ0n) is 14.3. The first-order valence-electron chi connectivity index (χ1n) is 7.80. The van der Waals surface area contributed by atoms with Gasteiger partial charge in [0.15, 0.2) is 5.96 Å². The molecule has 6 heteroatoms. The van der Waals surface area contributed by atoms with Crippen LogP contribution in [-0.4, -0.2) is 50.6 Å². The van der Waals surface area contributed by atoms with E-state index in [1.165, 1.54) is 17.7 Å². The van der Waals surface area contributed by atoms with Gasteiger partial charge >= 0.3 is 0 Å². The van der Waals surface area contributed by atoms with Gasteiger partial charge in [-0.25, -0.2) is 0 Å². The lowest BCUT2D eigenvalue weighted by atomic mass is 10.2. The number of unbranched alkanes of at least 4 members (excludes halogenated alkanes) is 1. The number of halogens is 1. The van der Waals surface area contributed by atoms with Gasteiger partial charge in [0.1, 0.15) is 0 Å². The maximum atomic E-state index is 4.26. The van der Waals surface area contributed by atoms with Crippen molar-refractivity contribution >= 4 is 41.3 Å². The van der Waals surface area contributed by atoms with E-state index < -0.39 is 0 Å². The Labute approximate surface area is 156 Å². The van der Waals surface area contributed by atoms with Crippen molar-refractivity contribution in [3.63, 3.8) is 0 Å². The van der Waals surface area contributed by atoms with Gasteiger partial charge in [-0.2, -0.15) is 0 Å². The molecule has 0 aliphatic carbocycles. The summed E-state index contributed by atoms with van der Waals surface area (Å²) in [6.45, 7) is 7.53. The molecule has 0 amide bonds. The van der Waals surface area contributed by atoms with Crippen LogP contribution in [0.4, 0.5) is 0 Å². The molecule has 22 heavy (non-hydrogen) atoms. The number of guanidine groups is 1. The van der Waals surface area contributed by atoms with Crippen LogP contribution in [0.5, 0.6) is 0 Å². The summed E-state index contributed by atoms with van der Waals surface area (Å²) in [5.41, 5.74) is 0. The predicted molar refractivity (Wildman–Crippen MR) is 110 cm³/mol. The average Bonchev–Trinajstić information content (AvgIpc) is 2.97. The number of rotatable bonds is 9. The fourth-order valence-electron chi connectivity index (χ4n) is 1.93. The van der Waals surface area contributed by atoms with Gasteiger partial charge in [-0.1, -0.05) is 6.07 Å². The zero-order chi connectivity index (χ0) is 15.5. The van der Waals surface area contributed by atoms with Crippen LogP contribution in [0.1, 0.15) is 31.6 Å². The lowest BCUT2D eigenvalue weighted by molar-refractivity contribution is 0.268. The van der Waals surface area contributed by atoms with E-state index in [0.717, 1.165) is 32.0 Å². The Morgan fingerprint density at radius 1 is 1.27 bits per heavy atom. The van der Waals surface area contributed by atoms with Crippen molar-refractivity contribution in [1.82, 2.24) is 15.5 Å². The van der Waals surface area contributed by atoms with E-state index in [4.69, 9.17) is 0 Å². The normalized spacial score (nSPS) is 11.6. The smallest absolute Gasteiger partial charge is 0.190 e. The lowest BCUT2D eigenvalue weighted by Crippen LogP contribution is -2.38. The Kier molecular flexibility index (Phi) is 12.9. The van der Waals surface area contributed by atoms with E-state index in [9.17, 15) is 0 Å². The first-order valence-corrected chi connectivity index (χ1v) is 8.68. The highest BCUT2D eigenvalue weighted by atomic mass is 127. The van der Waals surface area contributed by atoms with Crippen LogP contribution in [0.3, 0.4) is 0 Å². The van der Waals surface area contributed by atoms with Gasteiger partial charge < -0.3 is 15.5 Å². The van der Waals surface area contributed by atoms with E-state index in [-0.39, 0.29) is 24.0 Å². The van der Waals surface area contributed by atoms with Crippen LogP contribution >= 0.6 is 35.3 Å². The second kappa shape index (κ2) is 13.1. The fourth-order valence-corrected chi connectivity index (χ4v) is 2.64. The van der Waals surface area contributed by atoms with Gasteiger partial charge in [0.05, 0.1) is 0 Å². The van der Waals surface area contributed by atoms with Crippen molar-refractivity contribution in [1.29, 1.82) is 0 Å². The SMILES string of the molecule is CN=C(NCCCCN(C)C(C)C)NCCc1cccs1.I. The van der Waals surface area contributed by atoms with Crippen molar-refractivity contribution in [2.45, 2.75) is 39.2 Å². The molecule has 0 unspecified atom stereocenters. The third-order valence-corrected chi connectivity index (χ3v) is 4.52. The molecule has 0 fully saturated rings. The quantitative estimate of drug-likeness (QED) is 0.269. The summed E-state index contributed by atoms with van der Waals surface area (Å²) in [5.74, 6) is 0.906. The number of hydrogen-bond acceptors (Lipinski definition) is 3. The molecule has 1 heterocycles.